The van der Waals surface area contributed by atoms with Gasteiger partial charge in [-0.25, -0.2) is 4.99 Å². The highest BCUT2D eigenvalue weighted by molar-refractivity contribution is 6.28. The topological polar surface area (TPSA) is 58.7 Å². The number of rotatable bonds is 3. The normalized spacial score (nSPS) is 16.1. The molecular formula is C13H16ClN3O. The van der Waals surface area contributed by atoms with Gasteiger partial charge in [-0.15, -0.1) is 11.6 Å². The molecule has 0 bridgehead atoms. The van der Waals surface area contributed by atoms with Gasteiger partial charge in [-0.1, -0.05) is 6.07 Å². The van der Waals surface area contributed by atoms with Crippen molar-refractivity contribution in [2.24, 2.45) is 10.7 Å². The van der Waals surface area contributed by atoms with Crippen molar-refractivity contribution in [3.63, 3.8) is 0 Å². The number of carbonyl (C=O) groups excluding carboxylic acids is 1. The van der Waals surface area contributed by atoms with E-state index in [9.17, 15) is 4.79 Å². The predicted molar refractivity (Wildman–Crippen MR) is 73.6 cm³/mol. The molecule has 0 spiro atoms. The Bertz CT molecular complexity index is 467. The van der Waals surface area contributed by atoms with E-state index in [-0.39, 0.29) is 11.8 Å². The van der Waals surface area contributed by atoms with Gasteiger partial charge in [-0.3, -0.25) is 4.79 Å². The molecular weight excluding hydrogens is 250 g/mol. The number of nitrogens with two attached hydrogens (primary N) is 1. The van der Waals surface area contributed by atoms with Crippen LogP contribution < -0.4 is 5.73 Å². The minimum Gasteiger partial charge on any atom is -0.386 e. The Morgan fingerprint density at radius 3 is 2.78 bits per heavy atom. The van der Waals surface area contributed by atoms with Crippen molar-refractivity contribution in [2.45, 2.75) is 12.8 Å². The van der Waals surface area contributed by atoms with Crippen LogP contribution in [0.15, 0.2) is 29.3 Å². The van der Waals surface area contributed by atoms with Crippen molar-refractivity contribution in [3.05, 3.63) is 29.8 Å². The fourth-order valence-electron chi connectivity index (χ4n) is 2.01. The maximum Gasteiger partial charge on any atom is 0.253 e. The average Bonchev–Trinajstić information content (AvgIpc) is 2.92. The van der Waals surface area contributed by atoms with E-state index in [0.717, 1.165) is 25.9 Å². The Morgan fingerprint density at radius 2 is 2.11 bits per heavy atom. The van der Waals surface area contributed by atoms with E-state index in [1.807, 2.05) is 11.0 Å². The summed E-state index contributed by atoms with van der Waals surface area (Å²) in [6.07, 6.45) is 2.17. The molecule has 1 aliphatic heterocycles. The molecule has 1 aromatic rings. The smallest absolute Gasteiger partial charge is 0.253 e. The zero-order valence-corrected chi connectivity index (χ0v) is 10.9. The van der Waals surface area contributed by atoms with Crippen LogP contribution >= 0.6 is 11.6 Å². The summed E-state index contributed by atoms with van der Waals surface area (Å²) in [5, 5.41) is 0. The Hall–Kier alpha value is -1.55. The van der Waals surface area contributed by atoms with Crippen molar-refractivity contribution in [3.8, 4) is 0 Å². The molecule has 0 aromatic heterocycles. The minimum absolute atomic E-state index is 0.0639. The SMILES string of the molecule is NC(CCl)=Nc1cccc(C(=O)N2CCCC2)c1. The first-order valence-electron chi connectivity index (χ1n) is 5.99. The molecule has 0 radical (unpaired) electrons. The van der Waals surface area contributed by atoms with Crippen LogP contribution in [-0.2, 0) is 0 Å². The zero-order chi connectivity index (χ0) is 13.0. The van der Waals surface area contributed by atoms with Gasteiger partial charge in [0.25, 0.3) is 5.91 Å². The summed E-state index contributed by atoms with van der Waals surface area (Å²) < 4.78 is 0. The maximum absolute atomic E-state index is 12.2. The van der Waals surface area contributed by atoms with Crippen molar-refractivity contribution in [1.29, 1.82) is 0 Å². The van der Waals surface area contributed by atoms with Crippen LogP contribution in [0, 0.1) is 0 Å². The average molecular weight is 266 g/mol. The van der Waals surface area contributed by atoms with Crippen LogP contribution in [-0.4, -0.2) is 35.6 Å². The molecule has 1 amide bonds. The lowest BCUT2D eigenvalue weighted by Crippen LogP contribution is -2.27. The third-order valence-electron chi connectivity index (χ3n) is 2.90. The van der Waals surface area contributed by atoms with Crippen molar-refractivity contribution < 1.29 is 4.79 Å². The molecule has 5 heteroatoms. The summed E-state index contributed by atoms with van der Waals surface area (Å²) in [4.78, 5) is 18.2. The predicted octanol–water partition coefficient (Wildman–Crippen LogP) is 2.15. The number of amidine groups is 1. The second-order valence-corrected chi connectivity index (χ2v) is 4.55. The van der Waals surface area contributed by atoms with Gasteiger partial charge < -0.3 is 10.6 Å². The van der Waals surface area contributed by atoms with E-state index < -0.39 is 0 Å². The van der Waals surface area contributed by atoms with Gasteiger partial charge in [0.1, 0.15) is 5.84 Å². The lowest BCUT2D eigenvalue weighted by Gasteiger charge is -2.15. The Kier molecular flexibility index (Phi) is 4.20. The fourth-order valence-corrected chi connectivity index (χ4v) is 2.07. The van der Waals surface area contributed by atoms with Gasteiger partial charge in [-0.05, 0) is 31.0 Å². The van der Waals surface area contributed by atoms with Gasteiger partial charge >= 0.3 is 0 Å². The van der Waals surface area contributed by atoms with Gasteiger partial charge in [0, 0.05) is 18.7 Å². The van der Waals surface area contributed by atoms with Gasteiger partial charge in [0.2, 0.25) is 0 Å². The molecule has 1 saturated heterocycles. The Balaban J connectivity index is 2.18. The van der Waals surface area contributed by atoms with E-state index in [1.165, 1.54) is 0 Å². The number of hydrogen-bond donors (Lipinski definition) is 1. The molecule has 96 valence electrons. The minimum atomic E-state index is 0.0639. The quantitative estimate of drug-likeness (QED) is 0.517. The second kappa shape index (κ2) is 5.87. The van der Waals surface area contributed by atoms with Crippen LogP contribution in [0.1, 0.15) is 23.2 Å². The molecule has 18 heavy (non-hydrogen) atoms. The van der Waals surface area contributed by atoms with Crippen LogP contribution in [0.2, 0.25) is 0 Å². The second-order valence-electron chi connectivity index (χ2n) is 4.29. The third-order valence-corrected chi connectivity index (χ3v) is 3.17. The molecule has 0 atom stereocenters. The number of nitrogens with zero attached hydrogens (tertiary/aromatic N) is 2. The number of carbonyl (C=O) groups is 1. The van der Waals surface area contributed by atoms with Crippen LogP contribution in [0.3, 0.4) is 0 Å². The van der Waals surface area contributed by atoms with Gasteiger partial charge in [0.05, 0.1) is 11.6 Å². The van der Waals surface area contributed by atoms with Crippen molar-refractivity contribution >= 4 is 29.0 Å². The number of aliphatic imine (C=N–C) groups is 1. The number of alkyl halides is 1. The molecule has 1 aliphatic rings. The Labute approximate surface area is 111 Å². The molecule has 0 unspecified atom stereocenters. The van der Waals surface area contributed by atoms with Crippen LogP contribution in [0.4, 0.5) is 5.69 Å². The summed E-state index contributed by atoms with van der Waals surface area (Å²) in [6, 6.07) is 7.17. The first kappa shape index (κ1) is 12.9. The molecule has 2 rings (SSSR count). The summed E-state index contributed by atoms with van der Waals surface area (Å²) >= 11 is 5.58. The fraction of sp³-hybridized carbons (Fsp3) is 0.385. The monoisotopic (exact) mass is 265 g/mol. The molecule has 1 heterocycles. The van der Waals surface area contributed by atoms with E-state index >= 15 is 0 Å². The molecule has 2 N–H and O–H groups in total. The molecule has 0 saturated carbocycles. The molecule has 4 nitrogen and oxygen atoms in total. The zero-order valence-electron chi connectivity index (χ0n) is 10.1. The lowest BCUT2D eigenvalue weighted by atomic mass is 10.2. The highest BCUT2D eigenvalue weighted by Gasteiger charge is 2.19. The standard InChI is InChI=1S/C13H16ClN3O/c14-9-12(15)16-11-5-3-4-10(8-11)13(18)17-6-1-2-7-17/h3-5,8H,1-2,6-7,9H2,(H2,15,16). The highest BCUT2D eigenvalue weighted by atomic mass is 35.5. The lowest BCUT2D eigenvalue weighted by molar-refractivity contribution is 0.0793. The summed E-state index contributed by atoms with van der Waals surface area (Å²) in [6.45, 7) is 1.69. The number of halogens is 1. The maximum atomic E-state index is 12.2. The van der Waals surface area contributed by atoms with Crippen molar-refractivity contribution in [1.82, 2.24) is 4.90 Å². The molecule has 1 aromatic carbocycles. The first-order chi connectivity index (χ1) is 8.70. The Morgan fingerprint density at radius 1 is 1.39 bits per heavy atom. The van der Waals surface area contributed by atoms with Crippen molar-refractivity contribution in [2.75, 3.05) is 19.0 Å². The molecule has 1 fully saturated rings. The number of amides is 1. The third kappa shape index (κ3) is 3.01. The molecule has 0 aliphatic carbocycles. The van der Waals surface area contributed by atoms with Gasteiger partial charge in [0.15, 0.2) is 0 Å². The van der Waals surface area contributed by atoms with Crippen LogP contribution in [0.25, 0.3) is 0 Å². The summed E-state index contributed by atoms with van der Waals surface area (Å²) in [5.74, 6) is 0.598. The van der Waals surface area contributed by atoms with E-state index in [0.29, 0.717) is 17.1 Å². The van der Waals surface area contributed by atoms with Crippen LogP contribution in [0.5, 0.6) is 0 Å². The summed E-state index contributed by atoms with van der Waals surface area (Å²) in [5.41, 5.74) is 6.89. The highest BCUT2D eigenvalue weighted by Crippen LogP contribution is 2.18. The van der Waals surface area contributed by atoms with Gasteiger partial charge in [-0.2, -0.15) is 0 Å². The van der Waals surface area contributed by atoms with E-state index in [1.54, 1.807) is 18.2 Å². The first-order valence-corrected chi connectivity index (χ1v) is 6.52. The van der Waals surface area contributed by atoms with E-state index in [4.69, 9.17) is 17.3 Å². The number of likely N-dealkylation sites (tertiary alicyclic amines) is 1. The number of hydrogen-bond acceptors (Lipinski definition) is 2. The van der Waals surface area contributed by atoms with E-state index in [2.05, 4.69) is 4.99 Å². The largest absolute Gasteiger partial charge is 0.386 e. The number of benzene rings is 1. The summed E-state index contributed by atoms with van der Waals surface area (Å²) in [7, 11) is 0.